The Morgan fingerprint density at radius 3 is 2.61 bits per heavy atom. The third-order valence-corrected chi connectivity index (χ3v) is 6.23. The molecule has 1 fully saturated rings. The Balaban J connectivity index is 1.42. The summed E-state index contributed by atoms with van der Waals surface area (Å²) in [7, 11) is 0. The lowest BCUT2D eigenvalue weighted by Crippen LogP contribution is -2.39. The zero-order valence-electron chi connectivity index (χ0n) is 18.6. The molecule has 0 unspecified atom stereocenters. The smallest absolute Gasteiger partial charge is 0.322 e. The van der Waals surface area contributed by atoms with E-state index in [1.807, 2.05) is 43.3 Å². The van der Waals surface area contributed by atoms with E-state index < -0.39 is 0 Å². The average Bonchev–Trinajstić information content (AvgIpc) is 3.35. The maximum absolute atomic E-state index is 13.0. The Morgan fingerprint density at radius 2 is 1.85 bits per heavy atom. The van der Waals surface area contributed by atoms with Crippen molar-refractivity contribution in [2.45, 2.75) is 32.7 Å². The highest BCUT2D eigenvalue weighted by Gasteiger charge is 2.28. The molecule has 170 valence electrons. The Morgan fingerprint density at radius 1 is 1.06 bits per heavy atom. The minimum atomic E-state index is -0.187. The summed E-state index contributed by atoms with van der Waals surface area (Å²) in [5, 5.41) is 3.50. The van der Waals surface area contributed by atoms with Crippen molar-refractivity contribution >= 4 is 29.3 Å². The van der Waals surface area contributed by atoms with Gasteiger partial charge < -0.3 is 19.9 Å². The summed E-state index contributed by atoms with van der Waals surface area (Å²) in [6.45, 7) is 4.90. The third kappa shape index (κ3) is 4.88. The van der Waals surface area contributed by atoms with E-state index >= 15 is 0 Å². The van der Waals surface area contributed by atoms with Crippen molar-refractivity contribution in [3.8, 4) is 11.6 Å². The van der Waals surface area contributed by atoms with E-state index in [0.29, 0.717) is 42.0 Å². The molecule has 5 rings (SSSR count). The van der Waals surface area contributed by atoms with Gasteiger partial charge in [-0.05, 0) is 50.1 Å². The second kappa shape index (κ2) is 9.27. The molecule has 7 nitrogen and oxygen atoms in total. The van der Waals surface area contributed by atoms with E-state index in [4.69, 9.17) is 26.3 Å². The van der Waals surface area contributed by atoms with Gasteiger partial charge in [0.2, 0.25) is 11.8 Å². The number of nitrogens with zero attached hydrogens (tertiary/aromatic N) is 4. The zero-order valence-corrected chi connectivity index (χ0v) is 19.3. The van der Waals surface area contributed by atoms with Crippen LogP contribution in [-0.2, 0) is 13.0 Å². The van der Waals surface area contributed by atoms with Gasteiger partial charge in [-0.1, -0.05) is 35.4 Å². The van der Waals surface area contributed by atoms with Crippen LogP contribution in [0.4, 0.5) is 16.4 Å². The number of aryl methyl sites for hydroxylation is 1. The van der Waals surface area contributed by atoms with Crippen molar-refractivity contribution in [1.82, 2.24) is 14.9 Å². The monoisotopic (exact) mass is 463 g/mol. The van der Waals surface area contributed by atoms with Gasteiger partial charge in [-0.2, -0.15) is 4.98 Å². The highest BCUT2D eigenvalue weighted by atomic mass is 35.5. The van der Waals surface area contributed by atoms with Gasteiger partial charge in [0, 0.05) is 36.8 Å². The number of nitrogens with one attached hydrogen (secondary N) is 1. The lowest BCUT2D eigenvalue weighted by molar-refractivity contribution is 0.205. The number of benzene rings is 2. The molecule has 2 aliphatic rings. The first-order valence-electron chi connectivity index (χ1n) is 11.3. The van der Waals surface area contributed by atoms with Crippen LogP contribution in [-0.4, -0.2) is 40.5 Å². The summed E-state index contributed by atoms with van der Waals surface area (Å²) in [5.74, 6) is 1.95. The van der Waals surface area contributed by atoms with Gasteiger partial charge in [0.15, 0.2) is 0 Å². The Kier molecular flexibility index (Phi) is 6.05. The lowest BCUT2D eigenvalue weighted by atomic mass is 10.1. The molecule has 33 heavy (non-hydrogen) atoms. The molecule has 0 spiro atoms. The quantitative estimate of drug-likeness (QED) is 0.559. The maximum atomic E-state index is 13.0. The molecule has 0 radical (unpaired) electrons. The van der Waals surface area contributed by atoms with E-state index in [1.165, 1.54) is 0 Å². The number of aromatic nitrogens is 2. The topological polar surface area (TPSA) is 70.6 Å². The highest BCUT2D eigenvalue weighted by Crippen LogP contribution is 2.32. The van der Waals surface area contributed by atoms with E-state index in [2.05, 4.69) is 10.2 Å². The van der Waals surface area contributed by atoms with E-state index in [-0.39, 0.29) is 6.03 Å². The van der Waals surface area contributed by atoms with Gasteiger partial charge >= 0.3 is 6.03 Å². The van der Waals surface area contributed by atoms with Crippen molar-refractivity contribution in [3.63, 3.8) is 0 Å². The fraction of sp³-hybridized carbons (Fsp3) is 0.320. The summed E-state index contributed by atoms with van der Waals surface area (Å²) in [5.41, 5.74) is 3.62. The number of hydrogen-bond acceptors (Lipinski definition) is 5. The molecule has 0 bridgehead atoms. The van der Waals surface area contributed by atoms with E-state index in [1.54, 1.807) is 17.0 Å². The molecule has 2 aliphatic heterocycles. The maximum Gasteiger partial charge on any atom is 0.322 e. The number of anilines is 2. The van der Waals surface area contributed by atoms with Gasteiger partial charge in [0.05, 0.1) is 17.8 Å². The van der Waals surface area contributed by atoms with Crippen LogP contribution >= 0.6 is 11.6 Å². The molecule has 2 aromatic carbocycles. The minimum Gasteiger partial charge on any atom is -0.438 e. The van der Waals surface area contributed by atoms with Crippen LogP contribution in [0, 0.1) is 6.92 Å². The summed E-state index contributed by atoms with van der Waals surface area (Å²) in [6.07, 6.45) is 2.93. The molecule has 1 aromatic heterocycles. The van der Waals surface area contributed by atoms with Gasteiger partial charge in [-0.3, -0.25) is 0 Å². The Bertz CT molecular complexity index is 1160. The van der Waals surface area contributed by atoms with Crippen LogP contribution in [0.15, 0.2) is 48.5 Å². The van der Waals surface area contributed by atoms with Gasteiger partial charge in [-0.25, -0.2) is 9.78 Å². The van der Waals surface area contributed by atoms with Crippen molar-refractivity contribution in [3.05, 3.63) is 70.4 Å². The summed E-state index contributed by atoms with van der Waals surface area (Å²) >= 11 is 6.06. The number of amides is 2. The first kappa shape index (κ1) is 21.5. The normalized spacial score (nSPS) is 15.3. The molecular formula is C25H26ClN5O2. The Hall–Kier alpha value is -3.32. The predicted octanol–water partition coefficient (Wildman–Crippen LogP) is 5.42. The fourth-order valence-corrected chi connectivity index (χ4v) is 4.36. The van der Waals surface area contributed by atoms with Crippen LogP contribution < -0.4 is 15.0 Å². The predicted molar refractivity (Wildman–Crippen MR) is 129 cm³/mol. The van der Waals surface area contributed by atoms with Gasteiger partial charge in [0.25, 0.3) is 0 Å². The van der Waals surface area contributed by atoms with E-state index in [0.717, 1.165) is 48.5 Å². The molecule has 8 heteroatoms. The number of carbonyl (C=O) groups is 1. The lowest BCUT2D eigenvalue weighted by Gasteiger charge is -2.30. The van der Waals surface area contributed by atoms with Crippen LogP contribution in [0.25, 0.3) is 0 Å². The standard InChI is InChI=1S/C25H26ClN5O2/c1-17-7-9-20(10-8-17)33-23-21-16-31(25(32)27-19-6-4-5-18(26)15-19)14-11-22(21)28-24(29-23)30-12-2-3-13-30/h4-10,15H,2-3,11-14,16H2,1H3,(H,27,32). The van der Waals surface area contributed by atoms with Crippen molar-refractivity contribution in [1.29, 1.82) is 0 Å². The first-order valence-corrected chi connectivity index (χ1v) is 11.6. The number of rotatable bonds is 4. The largest absolute Gasteiger partial charge is 0.438 e. The SMILES string of the molecule is Cc1ccc(Oc2nc(N3CCCC3)nc3c2CN(C(=O)Nc2cccc(Cl)c2)CC3)cc1. The molecular weight excluding hydrogens is 438 g/mol. The van der Waals surface area contributed by atoms with Crippen LogP contribution in [0.1, 0.15) is 29.7 Å². The summed E-state index contributed by atoms with van der Waals surface area (Å²) in [4.78, 5) is 26.6. The second-order valence-corrected chi connectivity index (χ2v) is 8.91. The molecule has 3 heterocycles. The number of hydrogen-bond donors (Lipinski definition) is 1. The second-order valence-electron chi connectivity index (χ2n) is 8.48. The molecule has 0 saturated carbocycles. The number of urea groups is 1. The number of carbonyl (C=O) groups excluding carboxylic acids is 1. The number of halogens is 1. The molecule has 2 amide bonds. The molecule has 1 saturated heterocycles. The van der Waals surface area contributed by atoms with Gasteiger partial charge in [0.1, 0.15) is 5.75 Å². The van der Waals surface area contributed by atoms with E-state index in [9.17, 15) is 4.79 Å². The molecule has 0 aliphatic carbocycles. The number of ether oxygens (including phenoxy) is 1. The van der Waals surface area contributed by atoms with Crippen molar-refractivity contribution in [2.75, 3.05) is 29.9 Å². The molecule has 1 N–H and O–H groups in total. The summed E-state index contributed by atoms with van der Waals surface area (Å²) in [6, 6.07) is 14.8. The van der Waals surface area contributed by atoms with Crippen LogP contribution in [0.2, 0.25) is 5.02 Å². The van der Waals surface area contributed by atoms with Crippen LogP contribution in [0.5, 0.6) is 11.6 Å². The average molecular weight is 464 g/mol. The van der Waals surface area contributed by atoms with Crippen LogP contribution in [0.3, 0.4) is 0 Å². The summed E-state index contributed by atoms with van der Waals surface area (Å²) < 4.78 is 6.24. The van der Waals surface area contributed by atoms with Crippen molar-refractivity contribution < 1.29 is 9.53 Å². The minimum absolute atomic E-state index is 0.187. The Labute approximate surface area is 198 Å². The number of fused-ring (bicyclic) bond motifs is 1. The highest BCUT2D eigenvalue weighted by molar-refractivity contribution is 6.30. The van der Waals surface area contributed by atoms with Crippen molar-refractivity contribution in [2.24, 2.45) is 0 Å². The third-order valence-electron chi connectivity index (χ3n) is 6.00. The fourth-order valence-electron chi connectivity index (χ4n) is 4.17. The molecule has 3 aromatic rings. The first-order chi connectivity index (χ1) is 16.0. The van der Waals surface area contributed by atoms with Gasteiger partial charge in [-0.15, -0.1) is 0 Å². The molecule has 0 atom stereocenters. The zero-order chi connectivity index (χ0) is 22.8.